The molecule has 2 heterocycles. The van der Waals surface area contributed by atoms with Crippen molar-refractivity contribution in [1.82, 2.24) is 9.80 Å². The van der Waals surface area contributed by atoms with Crippen molar-refractivity contribution < 1.29 is 33.5 Å². The number of nitrogens with zero attached hydrogens (tertiary/aromatic N) is 2. The predicted octanol–water partition coefficient (Wildman–Crippen LogP) is 3.78. The van der Waals surface area contributed by atoms with Gasteiger partial charge in [0, 0.05) is 16.6 Å². The summed E-state index contributed by atoms with van der Waals surface area (Å²) in [6.07, 6.45) is 6.80. The van der Waals surface area contributed by atoms with Crippen LogP contribution in [-0.4, -0.2) is 64.4 Å². The standard InChI is InChI=1S/C32H35BrN2O7/c33-21-10-8-16(9-11-21)23(36)15-42-32(41)22(35-30(39)26-19-6-7-20(14-19)27(26)31(35)40)3-1-2-12-34-28(37)24-17-4-5-18(13-17)25(24)29(34)38/h8-11,17-20,22,24-27H,1-7,12-15H2/t17-,18+,19-,20+,22-,24-,25-,26-,27+/m0/s1. The fourth-order valence-corrected chi connectivity index (χ4v) is 9.61. The third kappa shape index (κ3) is 4.38. The van der Waals surface area contributed by atoms with Crippen LogP contribution in [0.2, 0.25) is 0 Å². The van der Waals surface area contributed by atoms with Gasteiger partial charge >= 0.3 is 5.97 Å². The lowest BCUT2D eigenvalue weighted by Crippen LogP contribution is -2.47. The minimum Gasteiger partial charge on any atom is -0.456 e. The van der Waals surface area contributed by atoms with Crippen LogP contribution in [0.3, 0.4) is 0 Å². The van der Waals surface area contributed by atoms with Crippen LogP contribution < -0.4 is 0 Å². The summed E-state index contributed by atoms with van der Waals surface area (Å²) >= 11 is 3.33. The van der Waals surface area contributed by atoms with E-state index in [0.29, 0.717) is 30.2 Å². The van der Waals surface area contributed by atoms with E-state index in [1.165, 1.54) is 4.90 Å². The Labute approximate surface area is 252 Å². The third-order valence-electron chi connectivity index (χ3n) is 11.2. The maximum absolute atomic E-state index is 13.6. The average Bonchev–Trinajstić information content (AvgIpc) is 3.83. The summed E-state index contributed by atoms with van der Waals surface area (Å²) < 4.78 is 6.25. The van der Waals surface area contributed by atoms with Gasteiger partial charge in [-0.15, -0.1) is 0 Å². The number of benzene rings is 1. The molecule has 0 spiro atoms. The van der Waals surface area contributed by atoms with Gasteiger partial charge in [-0.05, 0) is 93.6 Å². The molecule has 2 aliphatic heterocycles. The summed E-state index contributed by atoms with van der Waals surface area (Å²) in [6.45, 7) is -0.224. The number of fused-ring (bicyclic) bond motifs is 10. The van der Waals surface area contributed by atoms with Crippen LogP contribution in [0.4, 0.5) is 0 Å². The Kier molecular flexibility index (Phi) is 7.10. The van der Waals surface area contributed by atoms with E-state index in [1.54, 1.807) is 24.3 Å². The number of likely N-dealkylation sites (tertiary alicyclic amines) is 2. The van der Waals surface area contributed by atoms with E-state index in [0.717, 1.165) is 47.9 Å². The molecule has 42 heavy (non-hydrogen) atoms. The smallest absolute Gasteiger partial charge is 0.329 e. The lowest BCUT2D eigenvalue weighted by Gasteiger charge is -2.26. The number of Topliss-reactive ketones (excluding diaryl/α,β-unsaturated/α-hetero) is 1. The molecular formula is C32H35BrN2O7. The Balaban J connectivity index is 1.02. The van der Waals surface area contributed by atoms with Gasteiger partial charge in [0.2, 0.25) is 23.6 Å². The number of carbonyl (C=O) groups excluding carboxylic acids is 6. The molecule has 7 rings (SSSR count). The molecule has 1 aromatic rings. The highest BCUT2D eigenvalue weighted by Gasteiger charge is 2.63. The topological polar surface area (TPSA) is 118 Å². The van der Waals surface area contributed by atoms with Gasteiger partial charge in [0.25, 0.3) is 0 Å². The van der Waals surface area contributed by atoms with E-state index in [4.69, 9.17) is 4.74 Å². The molecule has 6 fully saturated rings. The zero-order valence-electron chi connectivity index (χ0n) is 23.4. The van der Waals surface area contributed by atoms with Crippen molar-refractivity contribution >= 4 is 51.3 Å². The van der Waals surface area contributed by atoms with Gasteiger partial charge in [0.05, 0.1) is 23.7 Å². The number of amides is 4. The summed E-state index contributed by atoms with van der Waals surface area (Å²) in [4.78, 5) is 81.9. The Morgan fingerprint density at radius 3 is 1.79 bits per heavy atom. The second-order valence-electron chi connectivity index (χ2n) is 13.2. The molecule has 0 radical (unpaired) electrons. The molecular weight excluding hydrogens is 604 g/mol. The molecule has 4 amide bonds. The number of ketones is 1. The number of esters is 1. The van der Waals surface area contributed by atoms with Crippen LogP contribution in [0, 0.1) is 47.3 Å². The predicted molar refractivity (Wildman–Crippen MR) is 151 cm³/mol. The van der Waals surface area contributed by atoms with Crippen LogP contribution in [0.1, 0.15) is 68.1 Å². The fraction of sp³-hybridized carbons (Fsp3) is 0.625. The van der Waals surface area contributed by atoms with Crippen molar-refractivity contribution in [3.05, 3.63) is 34.3 Å². The number of halogens is 1. The van der Waals surface area contributed by atoms with Crippen molar-refractivity contribution in [2.75, 3.05) is 13.2 Å². The van der Waals surface area contributed by atoms with Gasteiger partial charge < -0.3 is 4.74 Å². The summed E-state index contributed by atoms with van der Waals surface area (Å²) in [5.74, 6) is -1.95. The molecule has 6 aliphatic rings. The van der Waals surface area contributed by atoms with Crippen molar-refractivity contribution in [3.63, 3.8) is 0 Å². The van der Waals surface area contributed by atoms with Gasteiger partial charge in [-0.1, -0.05) is 28.1 Å². The second kappa shape index (κ2) is 10.7. The largest absolute Gasteiger partial charge is 0.456 e. The molecule has 9 atom stereocenters. The Morgan fingerprint density at radius 1 is 0.762 bits per heavy atom. The van der Waals surface area contributed by atoms with E-state index < -0.39 is 18.6 Å². The number of unbranched alkanes of at least 4 members (excludes halogenated alkanes) is 1. The van der Waals surface area contributed by atoms with Crippen LogP contribution in [0.15, 0.2) is 28.7 Å². The number of hydrogen-bond donors (Lipinski definition) is 0. The quantitative estimate of drug-likeness (QED) is 0.166. The van der Waals surface area contributed by atoms with Crippen LogP contribution in [0.25, 0.3) is 0 Å². The third-order valence-corrected chi connectivity index (χ3v) is 11.7. The molecule has 4 bridgehead atoms. The highest BCUT2D eigenvalue weighted by atomic mass is 79.9. The van der Waals surface area contributed by atoms with Gasteiger partial charge in [-0.25, -0.2) is 4.79 Å². The van der Waals surface area contributed by atoms with E-state index in [1.807, 2.05) is 0 Å². The number of hydrogen-bond acceptors (Lipinski definition) is 7. The van der Waals surface area contributed by atoms with Crippen molar-refractivity contribution in [3.8, 4) is 0 Å². The molecule has 222 valence electrons. The monoisotopic (exact) mass is 638 g/mol. The Morgan fingerprint density at radius 2 is 1.26 bits per heavy atom. The maximum Gasteiger partial charge on any atom is 0.329 e. The molecule has 0 unspecified atom stereocenters. The number of ether oxygens (including phenoxy) is 1. The second-order valence-corrected chi connectivity index (χ2v) is 14.1. The van der Waals surface area contributed by atoms with Gasteiger partial charge in [0.15, 0.2) is 12.4 Å². The summed E-state index contributed by atoms with van der Waals surface area (Å²) in [5, 5.41) is 0. The molecule has 9 nitrogen and oxygen atoms in total. The van der Waals surface area contributed by atoms with Crippen LogP contribution >= 0.6 is 15.9 Å². The van der Waals surface area contributed by atoms with Gasteiger partial charge in [-0.3, -0.25) is 33.8 Å². The SMILES string of the molecule is O=C(COC(=O)[C@H](CCCCN1C(=O)[C@H]2[C@@H]3CC[C@@H](C3)[C@@H]2C1=O)N1C(=O)[C@@H]2[C@@H]3CC[C@@H](C3)[C@@H]2C1=O)c1ccc(Br)cc1. The molecule has 2 saturated heterocycles. The van der Waals surface area contributed by atoms with Crippen LogP contribution in [-0.2, 0) is 28.7 Å². The zero-order chi connectivity index (χ0) is 29.3. The Hall–Kier alpha value is -2.88. The first kappa shape index (κ1) is 27.9. The minimum absolute atomic E-state index is 0.0622. The number of rotatable bonds is 10. The first-order valence-corrected chi connectivity index (χ1v) is 16.2. The molecule has 0 aromatic heterocycles. The lowest BCUT2D eigenvalue weighted by molar-refractivity contribution is -0.159. The normalized spacial score (nSPS) is 34.9. The van der Waals surface area contributed by atoms with E-state index in [9.17, 15) is 28.8 Å². The highest BCUT2D eigenvalue weighted by molar-refractivity contribution is 9.10. The van der Waals surface area contributed by atoms with Crippen LogP contribution in [0.5, 0.6) is 0 Å². The van der Waals surface area contributed by atoms with Crippen molar-refractivity contribution in [2.24, 2.45) is 47.3 Å². The van der Waals surface area contributed by atoms with Crippen molar-refractivity contribution in [1.29, 1.82) is 0 Å². The zero-order valence-corrected chi connectivity index (χ0v) is 25.0. The highest BCUT2D eigenvalue weighted by Crippen LogP contribution is 2.57. The summed E-state index contributed by atoms with van der Waals surface area (Å²) in [6, 6.07) is 5.57. The van der Waals surface area contributed by atoms with E-state index >= 15 is 0 Å². The lowest BCUT2D eigenvalue weighted by atomic mass is 9.81. The molecule has 10 heteroatoms. The average molecular weight is 640 g/mol. The van der Waals surface area contributed by atoms with E-state index in [-0.39, 0.29) is 77.9 Å². The number of carbonyl (C=O) groups is 6. The van der Waals surface area contributed by atoms with Crippen molar-refractivity contribution in [2.45, 2.75) is 63.8 Å². The summed E-state index contributed by atoms with van der Waals surface area (Å²) in [5.41, 5.74) is 0.389. The number of imide groups is 2. The first-order chi connectivity index (χ1) is 20.2. The molecule has 0 N–H and O–H groups in total. The molecule has 4 saturated carbocycles. The first-order valence-electron chi connectivity index (χ1n) is 15.4. The molecule has 1 aromatic carbocycles. The summed E-state index contributed by atoms with van der Waals surface area (Å²) in [7, 11) is 0. The van der Waals surface area contributed by atoms with Gasteiger partial charge in [0.1, 0.15) is 6.04 Å². The maximum atomic E-state index is 13.6. The van der Waals surface area contributed by atoms with Gasteiger partial charge in [-0.2, -0.15) is 0 Å². The minimum atomic E-state index is -1.13. The van der Waals surface area contributed by atoms with E-state index in [2.05, 4.69) is 15.9 Å². The fourth-order valence-electron chi connectivity index (χ4n) is 9.34. The Bertz CT molecular complexity index is 1300. The molecule has 4 aliphatic carbocycles.